The highest BCUT2D eigenvalue weighted by molar-refractivity contribution is 7.09. The first-order chi connectivity index (χ1) is 13.2. The third kappa shape index (κ3) is 3.72. The topological polar surface area (TPSA) is 63.0 Å². The lowest BCUT2D eigenvalue weighted by molar-refractivity contribution is 0.247. The summed E-state index contributed by atoms with van der Waals surface area (Å²) in [5.41, 5.74) is 3.10. The number of thiazole rings is 1. The fourth-order valence-corrected chi connectivity index (χ4v) is 4.46. The minimum absolute atomic E-state index is 0.756. The Morgan fingerprint density at radius 2 is 1.93 bits per heavy atom. The summed E-state index contributed by atoms with van der Waals surface area (Å²) in [5, 5.41) is 7.80. The van der Waals surface area contributed by atoms with Crippen molar-refractivity contribution in [1.29, 1.82) is 0 Å². The molecule has 2 aliphatic rings. The van der Waals surface area contributed by atoms with Gasteiger partial charge >= 0.3 is 0 Å². The van der Waals surface area contributed by atoms with Crippen LogP contribution in [0.25, 0.3) is 11.3 Å². The Labute approximate surface area is 162 Å². The fraction of sp³-hybridized carbons (Fsp3) is 0.474. The molecule has 0 radical (unpaired) electrons. The number of aromatic nitrogens is 5. The van der Waals surface area contributed by atoms with E-state index in [1.165, 1.54) is 23.5 Å². The highest BCUT2D eigenvalue weighted by atomic mass is 32.1. The Kier molecular flexibility index (Phi) is 4.37. The highest BCUT2D eigenvalue weighted by Crippen LogP contribution is 2.41. The van der Waals surface area contributed by atoms with Gasteiger partial charge in [-0.05, 0) is 12.8 Å². The molecule has 2 fully saturated rings. The van der Waals surface area contributed by atoms with Crippen molar-refractivity contribution in [2.45, 2.75) is 25.3 Å². The zero-order valence-electron chi connectivity index (χ0n) is 15.5. The van der Waals surface area contributed by atoms with Crippen molar-refractivity contribution >= 4 is 17.2 Å². The van der Waals surface area contributed by atoms with Crippen molar-refractivity contribution in [3.8, 4) is 11.3 Å². The number of aryl methyl sites for hydroxylation is 1. The van der Waals surface area contributed by atoms with E-state index < -0.39 is 0 Å². The second kappa shape index (κ2) is 7.01. The van der Waals surface area contributed by atoms with Gasteiger partial charge in [-0.25, -0.2) is 9.97 Å². The van der Waals surface area contributed by atoms with Gasteiger partial charge in [0, 0.05) is 62.8 Å². The zero-order valence-corrected chi connectivity index (χ0v) is 16.3. The molecule has 0 spiro atoms. The van der Waals surface area contributed by atoms with E-state index in [0.29, 0.717) is 0 Å². The Hall–Kier alpha value is -2.32. The van der Waals surface area contributed by atoms with Crippen LogP contribution in [0, 0.1) is 0 Å². The van der Waals surface area contributed by atoms with Crippen LogP contribution in [0.3, 0.4) is 0 Å². The number of hydrogen-bond donors (Lipinski definition) is 0. The summed E-state index contributed by atoms with van der Waals surface area (Å²) in [6.45, 7) is 4.93. The summed E-state index contributed by atoms with van der Waals surface area (Å²) < 4.78 is 1.79. The predicted octanol–water partition coefficient (Wildman–Crippen LogP) is 2.53. The molecule has 8 heteroatoms. The van der Waals surface area contributed by atoms with Gasteiger partial charge in [-0.3, -0.25) is 14.6 Å². The van der Waals surface area contributed by atoms with E-state index in [2.05, 4.69) is 25.3 Å². The van der Waals surface area contributed by atoms with E-state index in [4.69, 9.17) is 9.97 Å². The van der Waals surface area contributed by atoms with Gasteiger partial charge in [0.05, 0.1) is 35.0 Å². The first-order valence-corrected chi connectivity index (χ1v) is 10.4. The van der Waals surface area contributed by atoms with Crippen LogP contribution in [0.2, 0.25) is 0 Å². The summed E-state index contributed by atoms with van der Waals surface area (Å²) >= 11 is 1.83. The van der Waals surface area contributed by atoms with Gasteiger partial charge < -0.3 is 4.90 Å². The van der Waals surface area contributed by atoms with Gasteiger partial charge in [0.25, 0.3) is 0 Å². The van der Waals surface area contributed by atoms with E-state index in [0.717, 1.165) is 55.7 Å². The van der Waals surface area contributed by atoms with Gasteiger partial charge in [-0.2, -0.15) is 5.10 Å². The smallest absolute Gasteiger partial charge is 0.147 e. The predicted molar refractivity (Wildman–Crippen MR) is 106 cm³/mol. The maximum Gasteiger partial charge on any atom is 0.147 e. The Morgan fingerprint density at radius 3 is 2.67 bits per heavy atom. The van der Waals surface area contributed by atoms with E-state index in [1.807, 2.05) is 37.0 Å². The monoisotopic (exact) mass is 381 g/mol. The van der Waals surface area contributed by atoms with Crippen molar-refractivity contribution in [2.75, 3.05) is 31.1 Å². The molecule has 5 rings (SSSR count). The average molecular weight is 382 g/mol. The minimum atomic E-state index is 0.756. The normalized spacial score (nSPS) is 18.2. The molecule has 3 aromatic rings. The molecule has 7 nitrogen and oxygen atoms in total. The molecule has 0 amide bonds. The van der Waals surface area contributed by atoms with Gasteiger partial charge in [0.15, 0.2) is 0 Å². The molecular formula is C19H23N7S. The number of nitrogens with zero attached hydrogens (tertiary/aromatic N) is 7. The van der Waals surface area contributed by atoms with Crippen molar-refractivity contribution in [2.24, 2.45) is 7.05 Å². The summed E-state index contributed by atoms with van der Waals surface area (Å²) in [6.07, 6.45) is 10.1. The molecule has 1 aliphatic heterocycles. The van der Waals surface area contributed by atoms with Gasteiger partial charge in [0.1, 0.15) is 5.82 Å². The number of rotatable bonds is 5. The Balaban J connectivity index is 1.21. The molecule has 0 unspecified atom stereocenters. The van der Waals surface area contributed by atoms with Gasteiger partial charge in [-0.1, -0.05) is 0 Å². The van der Waals surface area contributed by atoms with E-state index in [1.54, 1.807) is 10.9 Å². The van der Waals surface area contributed by atoms with Crippen molar-refractivity contribution < 1.29 is 0 Å². The van der Waals surface area contributed by atoms with Crippen LogP contribution in [-0.2, 0) is 13.6 Å². The third-order valence-electron chi connectivity index (χ3n) is 5.20. The van der Waals surface area contributed by atoms with Gasteiger partial charge in [0.2, 0.25) is 0 Å². The molecule has 3 aromatic heterocycles. The minimum Gasteiger partial charge on any atom is -0.353 e. The zero-order chi connectivity index (χ0) is 18.2. The molecule has 0 atom stereocenters. The first kappa shape index (κ1) is 16.8. The number of piperazine rings is 1. The van der Waals surface area contributed by atoms with Crippen molar-refractivity contribution in [3.63, 3.8) is 0 Å². The fourth-order valence-electron chi connectivity index (χ4n) is 3.48. The molecule has 0 bridgehead atoms. The molecular weight excluding hydrogens is 358 g/mol. The molecule has 0 N–H and O–H groups in total. The lowest BCUT2D eigenvalue weighted by Crippen LogP contribution is -2.46. The van der Waals surface area contributed by atoms with Gasteiger partial charge in [-0.15, -0.1) is 11.3 Å². The van der Waals surface area contributed by atoms with Crippen LogP contribution >= 0.6 is 11.3 Å². The summed E-state index contributed by atoms with van der Waals surface area (Å²) in [5.74, 6) is 1.70. The lowest BCUT2D eigenvalue weighted by Gasteiger charge is -2.35. The average Bonchev–Trinajstić information content (AvgIpc) is 3.29. The molecule has 1 saturated carbocycles. The molecule has 0 aromatic carbocycles. The molecule has 27 heavy (non-hydrogen) atoms. The Morgan fingerprint density at radius 1 is 1.07 bits per heavy atom. The van der Waals surface area contributed by atoms with Crippen LogP contribution in [0.1, 0.15) is 29.5 Å². The van der Waals surface area contributed by atoms with Crippen molar-refractivity contribution in [1.82, 2.24) is 29.6 Å². The van der Waals surface area contributed by atoms with E-state index in [9.17, 15) is 0 Å². The van der Waals surface area contributed by atoms with Crippen LogP contribution < -0.4 is 4.90 Å². The second-order valence-electron chi connectivity index (χ2n) is 7.38. The summed E-state index contributed by atoms with van der Waals surface area (Å²) in [7, 11) is 1.91. The highest BCUT2D eigenvalue weighted by Gasteiger charge is 2.27. The standard InChI is InChI=1S/C19H23N7S/c1-24-11-15(8-21-24)17-9-20-10-18(23-17)26-6-4-25(5-7-26)12-16-13-27-19(22-16)14-2-3-14/h8-11,13-14H,2-7,12H2,1H3. The van der Waals surface area contributed by atoms with Crippen molar-refractivity contribution in [3.05, 3.63) is 40.9 Å². The number of hydrogen-bond acceptors (Lipinski definition) is 7. The SMILES string of the molecule is Cn1cc(-c2cncc(N3CCN(Cc4csc(C5CC5)n4)CC3)n2)cn1. The molecule has 1 saturated heterocycles. The van der Waals surface area contributed by atoms with Crippen LogP contribution in [-0.4, -0.2) is 55.8 Å². The summed E-state index contributed by atoms with van der Waals surface area (Å²) in [4.78, 5) is 18.8. The van der Waals surface area contributed by atoms with Crippen LogP contribution in [0.5, 0.6) is 0 Å². The van der Waals surface area contributed by atoms with Crippen LogP contribution in [0.15, 0.2) is 30.2 Å². The molecule has 4 heterocycles. The number of anilines is 1. The maximum atomic E-state index is 4.82. The Bertz CT molecular complexity index is 922. The van der Waals surface area contributed by atoms with Crippen LogP contribution in [0.4, 0.5) is 5.82 Å². The van der Waals surface area contributed by atoms with E-state index in [-0.39, 0.29) is 0 Å². The molecule has 1 aliphatic carbocycles. The quantitative estimate of drug-likeness (QED) is 0.677. The molecule has 140 valence electrons. The second-order valence-corrected chi connectivity index (χ2v) is 8.27. The third-order valence-corrected chi connectivity index (χ3v) is 6.26. The largest absolute Gasteiger partial charge is 0.353 e. The summed E-state index contributed by atoms with van der Waals surface area (Å²) in [6, 6.07) is 0. The van der Waals surface area contributed by atoms with E-state index >= 15 is 0 Å². The first-order valence-electron chi connectivity index (χ1n) is 9.47. The lowest BCUT2D eigenvalue weighted by atomic mass is 10.2. The maximum absolute atomic E-state index is 4.82.